The van der Waals surface area contributed by atoms with Gasteiger partial charge in [0, 0.05) is 12.1 Å². The Morgan fingerprint density at radius 2 is 2.10 bits per heavy atom. The summed E-state index contributed by atoms with van der Waals surface area (Å²) in [6, 6.07) is 4.45. The van der Waals surface area contributed by atoms with E-state index in [2.05, 4.69) is 5.32 Å². The molecular formula is C15H21NO5. The van der Waals surface area contributed by atoms with E-state index in [0.29, 0.717) is 23.7 Å². The van der Waals surface area contributed by atoms with Crippen LogP contribution < -0.4 is 14.8 Å². The van der Waals surface area contributed by atoms with Gasteiger partial charge in [-0.1, -0.05) is 6.92 Å². The zero-order valence-electron chi connectivity index (χ0n) is 12.5. The Kier molecular flexibility index (Phi) is 6.52. The van der Waals surface area contributed by atoms with Crippen LogP contribution in [-0.2, 0) is 4.79 Å². The molecule has 0 spiro atoms. The number of hydrogen-bond donors (Lipinski definition) is 2. The summed E-state index contributed by atoms with van der Waals surface area (Å²) in [5.41, 5.74) is 0.362. The number of hydrogen-bond acceptors (Lipinski definition) is 4. The summed E-state index contributed by atoms with van der Waals surface area (Å²) in [4.78, 5) is 22.8. The van der Waals surface area contributed by atoms with Crippen molar-refractivity contribution in [3.8, 4) is 11.5 Å². The van der Waals surface area contributed by atoms with Gasteiger partial charge in [0.05, 0.1) is 25.7 Å². The highest BCUT2D eigenvalue weighted by Crippen LogP contribution is 2.25. The summed E-state index contributed by atoms with van der Waals surface area (Å²) in [6.45, 7) is 4.09. The minimum atomic E-state index is -0.958. The van der Waals surface area contributed by atoms with Crippen molar-refractivity contribution in [3.05, 3.63) is 23.8 Å². The molecule has 0 aliphatic heterocycles. The average molecular weight is 295 g/mol. The van der Waals surface area contributed by atoms with Crippen LogP contribution in [0.15, 0.2) is 18.2 Å². The van der Waals surface area contributed by atoms with Gasteiger partial charge in [-0.25, -0.2) is 0 Å². The first-order valence-corrected chi connectivity index (χ1v) is 6.81. The third kappa shape index (κ3) is 5.33. The molecule has 1 rings (SSSR count). The molecule has 0 saturated carbocycles. The number of methoxy groups -OCH3 is 1. The molecule has 0 aliphatic rings. The van der Waals surface area contributed by atoms with Crippen molar-refractivity contribution in [1.82, 2.24) is 5.32 Å². The molecule has 0 radical (unpaired) electrons. The Morgan fingerprint density at radius 1 is 1.38 bits per heavy atom. The molecule has 0 aromatic heterocycles. The minimum absolute atomic E-state index is 0.132. The van der Waals surface area contributed by atoms with Crippen LogP contribution in [0.3, 0.4) is 0 Å². The van der Waals surface area contributed by atoms with E-state index in [0.717, 1.165) is 6.42 Å². The van der Waals surface area contributed by atoms with Crippen LogP contribution in [0.25, 0.3) is 0 Å². The van der Waals surface area contributed by atoms with E-state index in [9.17, 15) is 9.59 Å². The number of rotatable bonds is 8. The van der Waals surface area contributed by atoms with Gasteiger partial charge >= 0.3 is 5.97 Å². The number of carboxylic acids is 1. The molecule has 6 nitrogen and oxygen atoms in total. The Balaban J connectivity index is 2.88. The van der Waals surface area contributed by atoms with Crippen LogP contribution in [0.4, 0.5) is 0 Å². The Morgan fingerprint density at radius 3 is 2.67 bits per heavy atom. The van der Waals surface area contributed by atoms with Gasteiger partial charge in [-0.15, -0.1) is 0 Å². The van der Waals surface area contributed by atoms with Crippen LogP contribution in [0.1, 0.15) is 37.0 Å². The van der Waals surface area contributed by atoms with Gasteiger partial charge in [0.25, 0.3) is 5.91 Å². The van der Waals surface area contributed by atoms with Crippen molar-refractivity contribution in [3.63, 3.8) is 0 Å². The van der Waals surface area contributed by atoms with E-state index in [-0.39, 0.29) is 12.3 Å². The molecule has 6 heteroatoms. The number of nitrogens with one attached hydrogen (secondary N) is 1. The predicted octanol–water partition coefficient (Wildman–Crippen LogP) is 2.08. The lowest BCUT2D eigenvalue weighted by atomic mass is 10.1. The van der Waals surface area contributed by atoms with E-state index >= 15 is 0 Å². The number of amides is 1. The molecule has 0 aliphatic carbocycles. The number of carbonyl (C=O) groups excluding carboxylic acids is 1. The monoisotopic (exact) mass is 295 g/mol. The molecule has 1 amide bonds. The Bertz CT molecular complexity index is 501. The second-order valence-electron chi connectivity index (χ2n) is 4.68. The fourth-order valence-electron chi connectivity index (χ4n) is 1.76. The summed E-state index contributed by atoms with van der Waals surface area (Å²) in [5, 5.41) is 11.4. The van der Waals surface area contributed by atoms with Crippen molar-refractivity contribution < 1.29 is 24.2 Å². The Labute approximate surface area is 124 Å². The zero-order chi connectivity index (χ0) is 15.8. The quantitative estimate of drug-likeness (QED) is 0.767. The molecule has 0 fully saturated rings. The molecule has 1 unspecified atom stereocenters. The van der Waals surface area contributed by atoms with Gasteiger partial charge in [0.15, 0.2) is 0 Å². The second-order valence-corrected chi connectivity index (χ2v) is 4.68. The fourth-order valence-corrected chi connectivity index (χ4v) is 1.76. The van der Waals surface area contributed by atoms with E-state index < -0.39 is 12.0 Å². The van der Waals surface area contributed by atoms with E-state index in [1.807, 2.05) is 6.92 Å². The van der Waals surface area contributed by atoms with Crippen molar-refractivity contribution in [2.45, 2.75) is 32.7 Å². The summed E-state index contributed by atoms with van der Waals surface area (Å²) >= 11 is 0. The molecule has 1 aromatic rings. The third-order valence-electron chi connectivity index (χ3n) is 2.75. The predicted molar refractivity (Wildman–Crippen MR) is 78.0 cm³/mol. The molecular weight excluding hydrogens is 274 g/mol. The number of carboxylic acid groups (broad SMARTS) is 1. The van der Waals surface area contributed by atoms with Crippen molar-refractivity contribution >= 4 is 11.9 Å². The first kappa shape index (κ1) is 16.8. The number of ether oxygens (including phenoxy) is 2. The lowest BCUT2D eigenvalue weighted by Crippen LogP contribution is -2.34. The van der Waals surface area contributed by atoms with Crippen LogP contribution in [0.2, 0.25) is 0 Å². The maximum atomic E-state index is 12.2. The number of aliphatic carboxylic acids is 1. The van der Waals surface area contributed by atoms with Gasteiger partial charge in [0.1, 0.15) is 11.5 Å². The number of carbonyl (C=O) groups is 2. The lowest BCUT2D eigenvalue weighted by molar-refractivity contribution is -0.137. The zero-order valence-corrected chi connectivity index (χ0v) is 12.5. The Hall–Kier alpha value is -2.24. The standard InChI is InChI=1S/C15H21NO5/c1-4-7-21-13-9-11(20-3)5-6-12(13)15(19)16-10(2)8-14(17)18/h5-6,9-10H,4,7-8H2,1-3H3,(H,16,19)(H,17,18). The molecule has 2 N–H and O–H groups in total. The smallest absolute Gasteiger partial charge is 0.305 e. The molecule has 21 heavy (non-hydrogen) atoms. The molecule has 0 heterocycles. The summed E-state index contributed by atoms with van der Waals surface area (Å²) in [6.07, 6.45) is 0.681. The second kappa shape index (κ2) is 8.14. The van der Waals surface area contributed by atoms with Crippen molar-refractivity contribution in [1.29, 1.82) is 0 Å². The molecule has 1 atom stereocenters. The van der Waals surface area contributed by atoms with E-state index in [1.165, 1.54) is 7.11 Å². The fraction of sp³-hybridized carbons (Fsp3) is 0.467. The maximum Gasteiger partial charge on any atom is 0.305 e. The van der Waals surface area contributed by atoms with E-state index in [4.69, 9.17) is 14.6 Å². The third-order valence-corrected chi connectivity index (χ3v) is 2.75. The highest BCUT2D eigenvalue weighted by molar-refractivity contribution is 5.97. The normalized spacial score (nSPS) is 11.6. The van der Waals surface area contributed by atoms with Crippen molar-refractivity contribution in [2.24, 2.45) is 0 Å². The highest BCUT2D eigenvalue weighted by Gasteiger charge is 2.17. The van der Waals surface area contributed by atoms with Crippen LogP contribution in [-0.4, -0.2) is 36.7 Å². The topological polar surface area (TPSA) is 84.9 Å². The maximum absolute atomic E-state index is 12.2. The van der Waals surface area contributed by atoms with Crippen LogP contribution in [0, 0.1) is 0 Å². The van der Waals surface area contributed by atoms with Gasteiger partial charge in [-0.2, -0.15) is 0 Å². The van der Waals surface area contributed by atoms with Crippen LogP contribution in [0.5, 0.6) is 11.5 Å². The van der Waals surface area contributed by atoms with Gasteiger partial charge in [-0.05, 0) is 25.5 Å². The molecule has 116 valence electrons. The van der Waals surface area contributed by atoms with Gasteiger partial charge < -0.3 is 19.9 Å². The average Bonchev–Trinajstić information content (AvgIpc) is 2.43. The molecule has 0 saturated heterocycles. The van der Waals surface area contributed by atoms with E-state index in [1.54, 1.807) is 25.1 Å². The highest BCUT2D eigenvalue weighted by atomic mass is 16.5. The molecule has 1 aromatic carbocycles. The van der Waals surface area contributed by atoms with Gasteiger partial charge in [-0.3, -0.25) is 9.59 Å². The van der Waals surface area contributed by atoms with Gasteiger partial charge in [0.2, 0.25) is 0 Å². The first-order chi connectivity index (χ1) is 9.97. The van der Waals surface area contributed by atoms with Crippen molar-refractivity contribution in [2.75, 3.05) is 13.7 Å². The summed E-state index contributed by atoms with van der Waals surface area (Å²) < 4.78 is 10.7. The first-order valence-electron chi connectivity index (χ1n) is 6.81. The summed E-state index contributed by atoms with van der Waals surface area (Å²) in [5.74, 6) is -0.301. The molecule has 0 bridgehead atoms. The minimum Gasteiger partial charge on any atom is -0.497 e. The largest absolute Gasteiger partial charge is 0.497 e. The SMILES string of the molecule is CCCOc1cc(OC)ccc1C(=O)NC(C)CC(=O)O. The summed E-state index contributed by atoms with van der Waals surface area (Å²) in [7, 11) is 1.54. The van der Waals surface area contributed by atoms with Crippen LogP contribution >= 0.6 is 0 Å². The number of benzene rings is 1. The lowest BCUT2D eigenvalue weighted by Gasteiger charge is -2.15.